The Morgan fingerprint density at radius 1 is 0.644 bits per heavy atom. The number of hydrogen-bond acceptors (Lipinski definition) is 14. The van der Waals surface area contributed by atoms with Crippen LogP contribution in [0, 0.1) is 0 Å². The van der Waals surface area contributed by atoms with Crippen LogP contribution in [-0.2, 0) is 65.1 Å². The van der Waals surface area contributed by atoms with Gasteiger partial charge in [0, 0.05) is 0 Å². The predicted molar refractivity (Wildman–Crippen MR) is 151 cm³/mol. The van der Waals surface area contributed by atoms with E-state index in [1.54, 1.807) is 13.8 Å². The molecule has 0 aromatic heterocycles. The molecule has 6 fully saturated rings. The van der Waals surface area contributed by atoms with Crippen molar-refractivity contribution in [2.75, 3.05) is 39.6 Å². The van der Waals surface area contributed by atoms with Crippen LogP contribution >= 0.6 is 15.6 Å². The monoisotopic (exact) mass is 688 g/mol. The summed E-state index contributed by atoms with van der Waals surface area (Å²) in [5.74, 6) is 0. The van der Waals surface area contributed by atoms with Crippen LogP contribution in [0.4, 0.5) is 0 Å². The summed E-state index contributed by atoms with van der Waals surface area (Å²) in [4.78, 5) is 21.7. The molecule has 14 atom stereocenters. The third kappa shape index (κ3) is 6.50. The first-order chi connectivity index (χ1) is 21.0. The Labute approximate surface area is 262 Å². The van der Waals surface area contributed by atoms with E-state index >= 15 is 0 Å². The summed E-state index contributed by atoms with van der Waals surface area (Å²) >= 11 is 0. The second kappa shape index (κ2) is 12.3. The van der Waals surface area contributed by atoms with Crippen molar-refractivity contribution in [3.8, 4) is 0 Å². The molecule has 16 nitrogen and oxygen atoms in total. The van der Waals surface area contributed by atoms with Crippen molar-refractivity contribution in [3.05, 3.63) is 0 Å². The van der Waals surface area contributed by atoms with Gasteiger partial charge in [0.2, 0.25) is 0 Å². The standard InChI is InChI=1S/C27H46O16P2/c1-14(2)32-8-25-9-34-20(17(6)39-25)23(25)42-45(30,31)37-13-27-11-35-21(18(7)41-27)24(27)43-44(28,29)36-12-26-10-33-19(16(5)40-26)22(26)38-15(3)4/h14-24H,8-13H2,1-7H3,(H,28,29)(H,30,31)/t16?,17?,18?,19-,20-,21-,22-,23-,24-,25?,26?,27?/m0/s1. The maximum atomic E-state index is 13.3. The summed E-state index contributed by atoms with van der Waals surface area (Å²) < 4.78 is 96.2. The molecule has 0 aromatic rings. The molecular formula is C27H46O16P2. The lowest BCUT2D eigenvalue weighted by atomic mass is 9.99. The number of ether oxygens (including phenoxy) is 8. The third-order valence-corrected chi connectivity index (χ3v) is 11.1. The van der Waals surface area contributed by atoms with Crippen molar-refractivity contribution in [2.24, 2.45) is 0 Å². The van der Waals surface area contributed by atoms with Gasteiger partial charge in [0.25, 0.3) is 0 Å². The Hall–Kier alpha value is -0.100. The highest BCUT2D eigenvalue weighted by molar-refractivity contribution is 7.47. The van der Waals surface area contributed by atoms with Gasteiger partial charge in [-0.1, -0.05) is 0 Å². The highest BCUT2D eigenvalue weighted by atomic mass is 31.2. The van der Waals surface area contributed by atoms with Gasteiger partial charge in [0.1, 0.15) is 53.4 Å². The van der Waals surface area contributed by atoms with Crippen LogP contribution < -0.4 is 0 Å². The summed E-state index contributed by atoms with van der Waals surface area (Å²) in [7, 11) is -9.51. The molecule has 2 N–H and O–H groups in total. The minimum atomic E-state index is -4.76. The second-order valence-electron chi connectivity index (χ2n) is 13.5. The van der Waals surface area contributed by atoms with E-state index in [-0.39, 0.29) is 57.5 Å². The van der Waals surface area contributed by atoms with Gasteiger partial charge in [-0.05, 0) is 48.5 Å². The summed E-state index contributed by atoms with van der Waals surface area (Å²) in [6, 6.07) is 0. The molecule has 45 heavy (non-hydrogen) atoms. The van der Waals surface area contributed by atoms with E-state index in [0.29, 0.717) is 0 Å². The fourth-order valence-electron chi connectivity index (χ4n) is 7.20. The molecule has 6 saturated heterocycles. The molecule has 6 heterocycles. The van der Waals surface area contributed by atoms with Crippen LogP contribution in [0.3, 0.4) is 0 Å². The van der Waals surface area contributed by atoms with Crippen LogP contribution in [-0.4, -0.2) is 133 Å². The van der Waals surface area contributed by atoms with Gasteiger partial charge in [0.15, 0.2) is 0 Å². The fraction of sp³-hybridized carbons (Fsp3) is 1.00. The zero-order valence-corrected chi connectivity index (χ0v) is 28.4. The number of fused-ring (bicyclic) bond motifs is 6. The van der Waals surface area contributed by atoms with Gasteiger partial charge in [-0.3, -0.25) is 18.1 Å². The first-order valence-corrected chi connectivity index (χ1v) is 18.5. The molecule has 6 rings (SSSR count). The van der Waals surface area contributed by atoms with Crippen molar-refractivity contribution < 1.29 is 74.9 Å². The van der Waals surface area contributed by atoms with Gasteiger partial charge >= 0.3 is 15.6 Å². The highest BCUT2D eigenvalue weighted by Gasteiger charge is 2.66. The van der Waals surface area contributed by atoms with Crippen molar-refractivity contribution in [1.29, 1.82) is 0 Å². The number of rotatable bonds is 15. The van der Waals surface area contributed by atoms with Crippen molar-refractivity contribution >= 4 is 15.6 Å². The third-order valence-electron chi connectivity index (χ3n) is 9.18. The molecule has 0 amide bonds. The minimum absolute atomic E-state index is 0.0975. The van der Waals surface area contributed by atoms with E-state index in [9.17, 15) is 18.9 Å². The Bertz CT molecular complexity index is 1190. The number of phosphoric ester groups is 2. The fourth-order valence-corrected chi connectivity index (χ4v) is 9.28. The molecule has 260 valence electrons. The molecule has 6 aliphatic rings. The lowest BCUT2D eigenvalue weighted by Crippen LogP contribution is -2.48. The largest absolute Gasteiger partial charge is 0.472 e. The average molecular weight is 689 g/mol. The van der Waals surface area contributed by atoms with Gasteiger partial charge in [-0.25, -0.2) is 9.13 Å². The summed E-state index contributed by atoms with van der Waals surface area (Å²) in [5, 5.41) is 0. The van der Waals surface area contributed by atoms with E-state index in [1.807, 2.05) is 34.6 Å². The quantitative estimate of drug-likeness (QED) is 0.237. The number of phosphoric acid groups is 2. The maximum absolute atomic E-state index is 13.3. The van der Waals surface area contributed by atoms with E-state index in [1.165, 1.54) is 0 Å². The Balaban J connectivity index is 1.10. The van der Waals surface area contributed by atoms with E-state index < -0.39 is 81.8 Å². The molecular weight excluding hydrogens is 642 g/mol. The van der Waals surface area contributed by atoms with Gasteiger partial charge in [-0.15, -0.1) is 0 Å². The summed E-state index contributed by atoms with van der Waals surface area (Å²) in [5.41, 5.74) is -3.66. The maximum Gasteiger partial charge on any atom is 0.472 e. The topological polar surface area (TPSA) is 185 Å². The summed E-state index contributed by atoms with van der Waals surface area (Å²) in [6.45, 7) is 12.2. The summed E-state index contributed by atoms with van der Waals surface area (Å²) in [6.07, 6.45) is -5.82. The lowest BCUT2D eigenvalue weighted by Gasteiger charge is -2.33. The smallest absolute Gasteiger partial charge is 0.376 e. The van der Waals surface area contributed by atoms with Crippen molar-refractivity contribution in [2.45, 2.75) is 132 Å². The molecule has 6 aliphatic heterocycles. The number of hydrogen-bond donors (Lipinski definition) is 2. The average Bonchev–Trinajstić information content (AvgIpc) is 3.73. The normalized spacial score (nSPS) is 47.8. The zero-order valence-electron chi connectivity index (χ0n) is 26.6. The first-order valence-electron chi connectivity index (χ1n) is 15.5. The van der Waals surface area contributed by atoms with Crippen LogP contribution in [0.1, 0.15) is 48.5 Å². The molecule has 0 saturated carbocycles. The Morgan fingerprint density at radius 3 is 1.40 bits per heavy atom. The Morgan fingerprint density at radius 2 is 1.02 bits per heavy atom. The molecule has 8 unspecified atom stereocenters. The molecule has 6 bridgehead atoms. The van der Waals surface area contributed by atoms with Crippen LogP contribution in [0.2, 0.25) is 0 Å². The lowest BCUT2D eigenvalue weighted by molar-refractivity contribution is -0.169. The highest BCUT2D eigenvalue weighted by Crippen LogP contribution is 2.57. The Kier molecular flexibility index (Phi) is 9.53. The molecule has 0 aromatic carbocycles. The molecule has 0 aliphatic carbocycles. The van der Waals surface area contributed by atoms with Crippen LogP contribution in [0.25, 0.3) is 0 Å². The van der Waals surface area contributed by atoms with Gasteiger partial charge in [0.05, 0.1) is 70.2 Å². The van der Waals surface area contributed by atoms with E-state index in [0.717, 1.165) is 0 Å². The predicted octanol–water partition coefficient (Wildman–Crippen LogP) is 1.88. The molecule has 18 heteroatoms. The first kappa shape index (κ1) is 34.8. The second-order valence-corrected chi connectivity index (χ2v) is 16.3. The van der Waals surface area contributed by atoms with Crippen molar-refractivity contribution in [1.82, 2.24) is 0 Å². The molecule has 0 spiro atoms. The zero-order chi connectivity index (χ0) is 32.6. The van der Waals surface area contributed by atoms with E-state index in [2.05, 4.69) is 0 Å². The van der Waals surface area contributed by atoms with Crippen LogP contribution in [0.15, 0.2) is 0 Å². The SMILES string of the molecule is CC(C)OCC12CO[C@@H](C(C)O1)[C@@H]2OP(=O)(O)OCC12CO[C@@H](C(C)O1)[C@@H]2OP(=O)(O)OCC12CO[C@@H](C(C)O1)[C@@H]2OC(C)C. The minimum Gasteiger partial charge on any atom is -0.376 e. The molecule has 0 radical (unpaired) electrons. The van der Waals surface area contributed by atoms with Gasteiger partial charge < -0.3 is 47.7 Å². The van der Waals surface area contributed by atoms with Crippen LogP contribution in [0.5, 0.6) is 0 Å². The van der Waals surface area contributed by atoms with Crippen molar-refractivity contribution in [3.63, 3.8) is 0 Å². The van der Waals surface area contributed by atoms with Gasteiger partial charge in [-0.2, -0.15) is 0 Å². The van der Waals surface area contributed by atoms with E-state index in [4.69, 9.17) is 56.0 Å².